The van der Waals surface area contributed by atoms with Gasteiger partial charge in [0.25, 0.3) is 5.91 Å². The monoisotopic (exact) mass is 243 g/mol. The highest BCUT2D eigenvalue weighted by Crippen LogP contribution is 2.11. The minimum Gasteiger partial charge on any atom is -0.396 e. The first kappa shape index (κ1) is 12.9. The lowest BCUT2D eigenvalue weighted by Crippen LogP contribution is -2.29. The van der Waals surface area contributed by atoms with Crippen LogP contribution in [0, 0.1) is 5.92 Å². The number of carbonyl (C=O) groups is 1. The van der Waals surface area contributed by atoms with Crippen molar-refractivity contribution in [2.75, 3.05) is 18.9 Å². The molecule has 6 heteroatoms. The maximum atomic E-state index is 11.6. The Morgan fingerprint density at radius 1 is 1.75 bits per heavy atom. The number of aromatic nitrogens is 1. The minimum absolute atomic E-state index is 0.151. The fraction of sp³-hybridized carbons (Fsp3) is 0.600. The number of nitrogens with two attached hydrogens (primary N) is 1. The topological polar surface area (TPSA) is 88.2 Å². The lowest BCUT2D eigenvalue weighted by atomic mass is 10.0. The van der Waals surface area contributed by atoms with Crippen molar-refractivity contribution in [3.63, 3.8) is 0 Å². The smallest absolute Gasteiger partial charge is 0.270 e. The molecule has 0 aromatic carbocycles. The molecule has 0 spiro atoms. The number of nitrogens with one attached hydrogen (secondary N) is 1. The van der Waals surface area contributed by atoms with Gasteiger partial charge in [-0.1, -0.05) is 13.3 Å². The molecule has 0 saturated heterocycles. The zero-order valence-electron chi connectivity index (χ0n) is 9.27. The lowest BCUT2D eigenvalue weighted by molar-refractivity contribution is 0.0939. The van der Waals surface area contributed by atoms with Crippen LogP contribution in [-0.4, -0.2) is 29.1 Å². The molecule has 1 heterocycles. The Labute approximate surface area is 98.7 Å². The van der Waals surface area contributed by atoms with E-state index >= 15 is 0 Å². The number of anilines is 1. The molecule has 16 heavy (non-hydrogen) atoms. The van der Waals surface area contributed by atoms with Crippen molar-refractivity contribution >= 4 is 22.4 Å². The number of amides is 1. The number of nitrogen functional groups attached to an aromatic ring is 1. The number of thiazole rings is 1. The standard InChI is InChI=1S/C10H17N3O2S/c1-2-7(3-4-14)5-12-9(15)8-6-16-10(11)13-8/h6-7,14H,2-5H2,1H3,(H2,11,13)(H,12,15). The number of aliphatic hydroxyl groups is 1. The van der Waals surface area contributed by atoms with Crippen LogP contribution in [0.1, 0.15) is 30.3 Å². The van der Waals surface area contributed by atoms with E-state index in [-0.39, 0.29) is 12.5 Å². The first-order chi connectivity index (χ1) is 7.67. The molecule has 0 saturated carbocycles. The number of hydrogen-bond acceptors (Lipinski definition) is 5. The van der Waals surface area contributed by atoms with Gasteiger partial charge in [0, 0.05) is 18.5 Å². The molecule has 0 aliphatic heterocycles. The van der Waals surface area contributed by atoms with Crippen LogP contribution in [0.15, 0.2) is 5.38 Å². The van der Waals surface area contributed by atoms with E-state index in [1.165, 1.54) is 11.3 Å². The highest BCUT2D eigenvalue weighted by Gasteiger charge is 2.11. The summed E-state index contributed by atoms with van der Waals surface area (Å²) in [6, 6.07) is 0. The van der Waals surface area contributed by atoms with Crippen molar-refractivity contribution < 1.29 is 9.90 Å². The Balaban J connectivity index is 2.40. The average molecular weight is 243 g/mol. The summed E-state index contributed by atoms with van der Waals surface area (Å²) in [4.78, 5) is 15.5. The minimum atomic E-state index is -0.204. The molecular formula is C10H17N3O2S. The zero-order valence-corrected chi connectivity index (χ0v) is 10.1. The second kappa shape index (κ2) is 6.44. The summed E-state index contributed by atoms with van der Waals surface area (Å²) in [5, 5.41) is 13.6. The van der Waals surface area contributed by atoms with Gasteiger partial charge in [-0.05, 0) is 12.3 Å². The molecule has 0 aliphatic rings. The van der Waals surface area contributed by atoms with Gasteiger partial charge in [0.2, 0.25) is 0 Å². The molecular weight excluding hydrogens is 226 g/mol. The van der Waals surface area contributed by atoms with Gasteiger partial charge >= 0.3 is 0 Å². The van der Waals surface area contributed by atoms with E-state index in [1.54, 1.807) is 5.38 Å². The van der Waals surface area contributed by atoms with Crippen molar-refractivity contribution in [1.29, 1.82) is 0 Å². The van der Waals surface area contributed by atoms with Crippen LogP contribution in [0.4, 0.5) is 5.13 Å². The van der Waals surface area contributed by atoms with Crippen LogP contribution < -0.4 is 11.1 Å². The van der Waals surface area contributed by atoms with Gasteiger partial charge in [-0.3, -0.25) is 4.79 Å². The predicted molar refractivity (Wildman–Crippen MR) is 64.3 cm³/mol. The summed E-state index contributed by atoms with van der Waals surface area (Å²) >= 11 is 1.25. The van der Waals surface area contributed by atoms with Crippen LogP contribution in [0.5, 0.6) is 0 Å². The summed E-state index contributed by atoms with van der Waals surface area (Å²) in [6.45, 7) is 2.75. The normalized spacial score (nSPS) is 12.4. The maximum Gasteiger partial charge on any atom is 0.270 e. The van der Waals surface area contributed by atoms with E-state index in [2.05, 4.69) is 10.3 Å². The van der Waals surface area contributed by atoms with Crippen molar-refractivity contribution in [2.45, 2.75) is 19.8 Å². The lowest BCUT2D eigenvalue weighted by Gasteiger charge is -2.13. The third kappa shape index (κ3) is 3.79. The van der Waals surface area contributed by atoms with Gasteiger partial charge in [-0.25, -0.2) is 4.98 Å². The van der Waals surface area contributed by atoms with E-state index in [0.717, 1.165) is 6.42 Å². The molecule has 1 atom stereocenters. The number of rotatable bonds is 6. The molecule has 1 amide bonds. The van der Waals surface area contributed by atoms with E-state index < -0.39 is 0 Å². The summed E-state index contributed by atoms with van der Waals surface area (Å²) in [7, 11) is 0. The maximum absolute atomic E-state index is 11.6. The van der Waals surface area contributed by atoms with Crippen LogP contribution in [0.3, 0.4) is 0 Å². The van der Waals surface area contributed by atoms with Crippen LogP contribution in [0.2, 0.25) is 0 Å². The number of aliphatic hydroxyl groups excluding tert-OH is 1. The largest absolute Gasteiger partial charge is 0.396 e. The first-order valence-corrected chi connectivity index (χ1v) is 6.15. The molecule has 0 aliphatic carbocycles. The summed E-state index contributed by atoms with van der Waals surface area (Å²) in [5.74, 6) is 0.106. The van der Waals surface area contributed by atoms with Gasteiger partial charge in [-0.2, -0.15) is 0 Å². The van der Waals surface area contributed by atoms with Crippen molar-refractivity contribution in [3.8, 4) is 0 Å². The second-order valence-electron chi connectivity index (χ2n) is 3.57. The van der Waals surface area contributed by atoms with Crippen LogP contribution >= 0.6 is 11.3 Å². The van der Waals surface area contributed by atoms with Gasteiger partial charge in [0.05, 0.1) is 0 Å². The Morgan fingerprint density at radius 2 is 2.50 bits per heavy atom. The van der Waals surface area contributed by atoms with E-state index in [0.29, 0.717) is 29.7 Å². The highest BCUT2D eigenvalue weighted by molar-refractivity contribution is 7.13. The number of carbonyl (C=O) groups excluding carboxylic acids is 1. The Hall–Kier alpha value is -1.14. The van der Waals surface area contributed by atoms with Crippen LogP contribution in [-0.2, 0) is 0 Å². The molecule has 0 bridgehead atoms. The average Bonchev–Trinajstić information content (AvgIpc) is 2.70. The first-order valence-electron chi connectivity index (χ1n) is 5.27. The van der Waals surface area contributed by atoms with Gasteiger partial charge in [0.15, 0.2) is 5.13 Å². The summed E-state index contributed by atoms with van der Waals surface area (Å²) in [6.07, 6.45) is 1.63. The van der Waals surface area contributed by atoms with Crippen molar-refractivity contribution in [3.05, 3.63) is 11.1 Å². The fourth-order valence-corrected chi connectivity index (χ4v) is 1.90. The van der Waals surface area contributed by atoms with Crippen LogP contribution in [0.25, 0.3) is 0 Å². The SMILES string of the molecule is CCC(CCO)CNC(=O)c1csc(N)n1. The van der Waals surface area contributed by atoms with Crippen molar-refractivity contribution in [1.82, 2.24) is 10.3 Å². The Kier molecular flexibility index (Phi) is 5.21. The Bertz CT molecular complexity index is 341. The predicted octanol–water partition coefficient (Wildman–Crippen LogP) is 0.864. The third-order valence-corrected chi connectivity index (χ3v) is 3.09. The molecule has 1 rings (SSSR count). The zero-order chi connectivity index (χ0) is 12.0. The van der Waals surface area contributed by atoms with Gasteiger partial charge < -0.3 is 16.2 Å². The van der Waals surface area contributed by atoms with E-state index in [4.69, 9.17) is 10.8 Å². The molecule has 1 unspecified atom stereocenters. The summed E-state index contributed by atoms with van der Waals surface area (Å²) in [5.41, 5.74) is 5.80. The van der Waals surface area contributed by atoms with Gasteiger partial charge in [0.1, 0.15) is 5.69 Å². The second-order valence-corrected chi connectivity index (χ2v) is 4.46. The van der Waals surface area contributed by atoms with Crippen molar-refractivity contribution in [2.24, 2.45) is 5.92 Å². The molecule has 90 valence electrons. The van der Waals surface area contributed by atoms with E-state index in [1.807, 2.05) is 6.92 Å². The summed E-state index contributed by atoms with van der Waals surface area (Å²) < 4.78 is 0. The molecule has 0 fully saturated rings. The molecule has 0 radical (unpaired) electrons. The molecule has 4 N–H and O–H groups in total. The molecule has 1 aromatic rings. The van der Waals surface area contributed by atoms with E-state index in [9.17, 15) is 4.79 Å². The number of hydrogen-bond donors (Lipinski definition) is 3. The molecule has 1 aromatic heterocycles. The highest BCUT2D eigenvalue weighted by atomic mass is 32.1. The quantitative estimate of drug-likeness (QED) is 0.691. The number of nitrogens with zero attached hydrogens (tertiary/aromatic N) is 1. The fourth-order valence-electron chi connectivity index (χ4n) is 1.35. The Morgan fingerprint density at radius 3 is 3.00 bits per heavy atom. The third-order valence-electron chi connectivity index (χ3n) is 2.42. The molecule has 5 nitrogen and oxygen atoms in total. The van der Waals surface area contributed by atoms with Gasteiger partial charge in [-0.15, -0.1) is 11.3 Å².